The fourth-order valence-electron chi connectivity index (χ4n) is 2.00. The summed E-state index contributed by atoms with van der Waals surface area (Å²) in [5.41, 5.74) is 2.50. The summed E-state index contributed by atoms with van der Waals surface area (Å²) in [4.78, 5) is 4.45. The summed E-state index contributed by atoms with van der Waals surface area (Å²) in [5.74, 6) is 0.839. The van der Waals surface area contributed by atoms with E-state index in [0.29, 0.717) is 0 Å². The van der Waals surface area contributed by atoms with Crippen LogP contribution >= 0.6 is 12.4 Å². The van der Waals surface area contributed by atoms with E-state index in [4.69, 9.17) is 0 Å². The van der Waals surface area contributed by atoms with Crippen LogP contribution in [0.4, 0.5) is 0 Å². The predicted octanol–water partition coefficient (Wildman–Crippen LogP) is 2.35. The molecule has 1 fully saturated rings. The van der Waals surface area contributed by atoms with Crippen molar-refractivity contribution in [2.45, 2.75) is 26.2 Å². The van der Waals surface area contributed by atoms with E-state index in [-0.39, 0.29) is 12.4 Å². The van der Waals surface area contributed by atoms with E-state index in [9.17, 15) is 0 Å². The van der Waals surface area contributed by atoms with Crippen molar-refractivity contribution in [3.8, 4) is 0 Å². The highest BCUT2D eigenvalue weighted by molar-refractivity contribution is 5.85. The smallest absolute Gasteiger partial charge is 0.0406 e. The average Bonchev–Trinajstić information content (AvgIpc) is 2.23. The highest BCUT2D eigenvalue weighted by Crippen LogP contribution is 2.16. The van der Waals surface area contributed by atoms with Gasteiger partial charge in [0.1, 0.15) is 0 Å². The van der Waals surface area contributed by atoms with E-state index in [1.807, 2.05) is 6.20 Å². The lowest BCUT2D eigenvalue weighted by molar-refractivity contribution is 0.370. The van der Waals surface area contributed by atoms with Gasteiger partial charge in [-0.05, 0) is 56.8 Å². The first-order chi connectivity index (χ1) is 6.84. The second-order valence-corrected chi connectivity index (χ2v) is 4.22. The van der Waals surface area contributed by atoms with Gasteiger partial charge in [-0.3, -0.25) is 4.98 Å². The topological polar surface area (TPSA) is 24.9 Å². The minimum atomic E-state index is 0. The van der Waals surface area contributed by atoms with Crippen molar-refractivity contribution in [2.24, 2.45) is 5.92 Å². The van der Waals surface area contributed by atoms with E-state index in [1.54, 1.807) is 0 Å². The molecule has 0 aromatic carbocycles. The van der Waals surface area contributed by atoms with Crippen molar-refractivity contribution in [1.82, 2.24) is 10.3 Å². The van der Waals surface area contributed by atoms with Gasteiger partial charge in [0.15, 0.2) is 0 Å². The summed E-state index contributed by atoms with van der Waals surface area (Å²) in [6, 6.07) is 4.32. The Hall–Kier alpha value is -0.600. The Labute approximate surface area is 97.9 Å². The van der Waals surface area contributed by atoms with Crippen molar-refractivity contribution in [1.29, 1.82) is 0 Å². The van der Waals surface area contributed by atoms with Crippen molar-refractivity contribution in [3.63, 3.8) is 0 Å². The number of nitrogens with zero attached hydrogens (tertiary/aromatic N) is 1. The van der Waals surface area contributed by atoms with Gasteiger partial charge in [0.25, 0.3) is 0 Å². The summed E-state index contributed by atoms with van der Waals surface area (Å²) < 4.78 is 0. The maximum absolute atomic E-state index is 4.45. The molecule has 0 spiro atoms. The third kappa shape index (κ3) is 3.80. The number of aryl methyl sites for hydroxylation is 1. The maximum atomic E-state index is 4.45. The molecule has 84 valence electrons. The molecule has 0 aliphatic carbocycles. The molecule has 1 saturated heterocycles. The Bertz CT molecular complexity index is 278. The highest BCUT2D eigenvalue weighted by atomic mass is 35.5. The maximum Gasteiger partial charge on any atom is 0.0406 e. The summed E-state index contributed by atoms with van der Waals surface area (Å²) >= 11 is 0. The number of rotatable bonds is 2. The SMILES string of the molecule is Cc1ccc(CC2CCNCC2)nc1.Cl. The van der Waals surface area contributed by atoms with Crippen LogP contribution in [0, 0.1) is 12.8 Å². The predicted molar refractivity (Wildman–Crippen MR) is 65.5 cm³/mol. The number of halogens is 1. The van der Waals surface area contributed by atoms with Crippen LogP contribution in [-0.4, -0.2) is 18.1 Å². The van der Waals surface area contributed by atoms with Crippen LogP contribution in [0.1, 0.15) is 24.1 Å². The number of hydrogen-bond donors (Lipinski definition) is 1. The number of pyridine rings is 1. The number of aromatic nitrogens is 1. The van der Waals surface area contributed by atoms with Crippen LogP contribution in [0.25, 0.3) is 0 Å². The zero-order valence-electron chi connectivity index (χ0n) is 9.20. The van der Waals surface area contributed by atoms with E-state index < -0.39 is 0 Å². The normalized spacial score (nSPS) is 17.1. The summed E-state index contributed by atoms with van der Waals surface area (Å²) in [6.07, 6.45) is 5.73. The summed E-state index contributed by atoms with van der Waals surface area (Å²) in [5, 5.41) is 3.39. The fraction of sp³-hybridized carbons (Fsp3) is 0.583. The first-order valence-electron chi connectivity index (χ1n) is 5.47. The molecular formula is C12H19ClN2. The summed E-state index contributed by atoms with van der Waals surface area (Å²) in [7, 11) is 0. The molecule has 1 aliphatic heterocycles. The van der Waals surface area contributed by atoms with E-state index in [2.05, 4.69) is 29.4 Å². The Morgan fingerprint density at radius 1 is 1.33 bits per heavy atom. The van der Waals surface area contributed by atoms with Gasteiger partial charge in [-0.15, -0.1) is 12.4 Å². The largest absolute Gasteiger partial charge is 0.317 e. The second-order valence-electron chi connectivity index (χ2n) is 4.22. The van der Waals surface area contributed by atoms with Crippen LogP contribution in [0.3, 0.4) is 0 Å². The van der Waals surface area contributed by atoms with Crippen LogP contribution in [0.15, 0.2) is 18.3 Å². The molecule has 0 saturated carbocycles. The van der Waals surface area contributed by atoms with Crippen LogP contribution in [0.2, 0.25) is 0 Å². The molecule has 2 rings (SSSR count). The molecule has 2 nitrogen and oxygen atoms in total. The monoisotopic (exact) mass is 226 g/mol. The van der Waals surface area contributed by atoms with Gasteiger partial charge in [-0.1, -0.05) is 6.07 Å². The van der Waals surface area contributed by atoms with Crippen molar-refractivity contribution >= 4 is 12.4 Å². The van der Waals surface area contributed by atoms with Crippen molar-refractivity contribution in [2.75, 3.05) is 13.1 Å². The number of hydrogen-bond acceptors (Lipinski definition) is 2. The molecule has 1 aliphatic rings. The van der Waals surface area contributed by atoms with E-state index in [1.165, 1.54) is 37.2 Å². The Balaban J connectivity index is 0.00000112. The quantitative estimate of drug-likeness (QED) is 0.838. The van der Waals surface area contributed by atoms with Crippen molar-refractivity contribution in [3.05, 3.63) is 29.6 Å². The Kier molecular flexibility index (Phi) is 5.06. The molecule has 0 atom stereocenters. The van der Waals surface area contributed by atoms with Gasteiger partial charge in [0.05, 0.1) is 0 Å². The molecule has 15 heavy (non-hydrogen) atoms. The third-order valence-electron chi connectivity index (χ3n) is 2.93. The van der Waals surface area contributed by atoms with Gasteiger partial charge in [-0.25, -0.2) is 0 Å². The second kappa shape index (κ2) is 6.09. The lowest BCUT2D eigenvalue weighted by Crippen LogP contribution is -2.28. The van der Waals surface area contributed by atoms with Gasteiger partial charge in [-0.2, -0.15) is 0 Å². The van der Waals surface area contributed by atoms with Gasteiger partial charge >= 0.3 is 0 Å². The Morgan fingerprint density at radius 2 is 2.07 bits per heavy atom. The molecule has 2 heterocycles. The molecule has 1 aromatic rings. The van der Waals surface area contributed by atoms with E-state index in [0.717, 1.165) is 12.3 Å². The van der Waals surface area contributed by atoms with Crippen LogP contribution < -0.4 is 5.32 Å². The first kappa shape index (κ1) is 12.5. The fourth-order valence-corrected chi connectivity index (χ4v) is 2.00. The van der Waals surface area contributed by atoms with Gasteiger partial charge < -0.3 is 5.32 Å². The zero-order valence-corrected chi connectivity index (χ0v) is 10.0. The minimum absolute atomic E-state index is 0. The lowest BCUT2D eigenvalue weighted by atomic mass is 9.93. The minimum Gasteiger partial charge on any atom is -0.317 e. The van der Waals surface area contributed by atoms with Crippen LogP contribution in [-0.2, 0) is 6.42 Å². The number of piperidine rings is 1. The lowest BCUT2D eigenvalue weighted by Gasteiger charge is -2.22. The molecule has 1 N–H and O–H groups in total. The molecular weight excluding hydrogens is 208 g/mol. The summed E-state index contributed by atoms with van der Waals surface area (Å²) in [6.45, 7) is 4.44. The molecule has 3 heteroatoms. The van der Waals surface area contributed by atoms with Crippen molar-refractivity contribution < 1.29 is 0 Å². The van der Waals surface area contributed by atoms with Crippen LogP contribution in [0.5, 0.6) is 0 Å². The molecule has 0 amide bonds. The molecule has 0 unspecified atom stereocenters. The standard InChI is InChI=1S/C12H18N2.ClH/c1-10-2-3-12(14-9-10)8-11-4-6-13-7-5-11;/h2-3,9,11,13H,4-8H2,1H3;1H. The molecule has 0 radical (unpaired) electrons. The Morgan fingerprint density at radius 3 is 2.67 bits per heavy atom. The first-order valence-corrected chi connectivity index (χ1v) is 5.47. The average molecular weight is 227 g/mol. The van der Waals surface area contributed by atoms with E-state index >= 15 is 0 Å². The zero-order chi connectivity index (χ0) is 9.80. The highest BCUT2D eigenvalue weighted by Gasteiger charge is 2.13. The van der Waals surface area contributed by atoms with Gasteiger partial charge in [0.2, 0.25) is 0 Å². The molecule has 0 bridgehead atoms. The number of nitrogens with one attached hydrogen (secondary N) is 1. The third-order valence-corrected chi connectivity index (χ3v) is 2.93. The van der Waals surface area contributed by atoms with Gasteiger partial charge in [0, 0.05) is 11.9 Å². The molecule has 1 aromatic heterocycles.